The molecule has 2 aromatic heterocycles. The summed E-state index contributed by atoms with van der Waals surface area (Å²) >= 11 is 7.40. The van der Waals surface area contributed by atoms with Crippen LogP contribution in [0, 0.1) is 5.82 Å². The van der Waals surface area contributed by atoms with Crippen LogP contribution in [-0.4, -0.2) is 71.0 Å². The van der Waals surface area contributed by atoms with Crippen LogP contribution in [0.25, 0.3) is 10.9 Å². The number of hydrogen-bond donors (Lipinski definition) is 2. The first-order valence-electron chi connectivity index (χ1n) is 15.0. The number of rotatable bonds is 7. The van der Waals surface area contributed by atoms with Gasteiger partial charge >= 0.3 is 11.9 Å². The van der Waals surface area contributed by atoms with Crippen LogP contribution in [0.4, 0.5) is 15.1 Å². The van der Waals surface area contributed by atoms with Gasteiger partial charge in [0.1, 0.15) is 16.3 Å². The number of halogens is 1. The summed E-state index contributed by atoms with van der Waals surface area (Å²) in [5, 5.41) is 14.1. The molecule has 2 N–H and O–H groups in total. The zero-order chi connectivity index (χ0) is 31.3. The largest absolute Gasteiger partial charge is 0.492 e. The Morgan fingerprint density at radius 3 is 2.64 bits per heavy atom. The first-order valence-corrected chi connectivity index (χ1v) is 16.2. The van der Waals surface area contributed by atoms with E-state index in [9.17, 15) is 19.5 Å². The summed E-state index contributed by atoms with van der Waals surface area (Å²) in [6.45, 7) is 5.38. The van der Waals surface area contributed by atoms with E-state index in [-0.39, 0.29) is 40.4 Å². The highest BCUT2D eigenvalue weighted by Crippen LogP contribution is 2.44. The number of pyridine rings is 1. The molecule has 0 unspecified atom stereocenters. The number of ether oxygens (including phenoxy) is 2. The molecule has 3 aliphatic rings. The zero-order valence-electron chi connectivity index (χ0n) is 24.9. The van der Waals surface area contributed by atoms with Crippen LogP contribution in [0.2, 0.25) is 0 Å². The smallest absolute Gasteiger partial charge is 0.341 e. The highest BCUT2D eigenvalue weighted by atomic mass is 32.1. The Morgan fingerprint density at radius 2 is 1.98 bits per heavy atom. The standard InChI is InChI=1S/C31H35FN4O6S2/c1-4-42-30(40)23-18-7-5-6-8-22(18)44-28(23)33-31(43)35-12-11-34(14-16(35)2)25-21(32)13-19-24(27(25)41-3)36(17-9-10-17)15-20(26(19)37)29(38)39/h13,15-17H,4-12,14H2,1-3H3,(H,33,43)(H,38,39)/t16-/m0/s1. The molecule has 0 bridgehead atoms. The Labute approximate surface area is 263 Å². The summed E-state index contributed by atoms with van der Waals surface area (Å²) < 4.78 is 28.8. The van der Waals surface area contributed by atoms with Gasteiger partial charge in [0.05, 0.1) is 30.2 Å². The molecule has 1 aromatic carbocycles. The summed E-state index contributed by atoms with van der Waals surface area (Å²) in [6.07, 6.45) is 6.91. The number of esters is 1. The Balaban J connectivity index is 1.28. The van der Waals surface area contributed by atoms with Crippen LogP contribution in [0.5, 0.6) is 5.75 Å². The average molecular weight is 643 g/mol. The Kier molecular flexibility index (Phi) is 8.27. The first-order chi connectivity index (χ1) is 21.1. The molecule has 3 aromatic rings. The van der Waals surface area contributed by atoms with Gasteiger partial charge in [0.2, 0.25) is 5.43 Å². The number of anilines is 2. The minimum Gasteiger partial charge on any atom is -0.492 e. The molecule has 13 heteroatoms. The molecule has 10 nitrogen and oxygen atoms in total. The number of aromatic carboxylic acids is 1. The van der Waals surface area contributed by atoms with Gasteiger partial charge in [-0.05, 0) is 76.2 Å². The number of aryl methyl sites for hydroxylation is 1. The van der Waals surface area contributed by atoms with E-state index in [2.05, 4.69) is 5.32 Å². The van der Waals surface area contributed by atoms with Gasteiger partial charge in [-0.1, -0.05) is 0 Å². The van der Waals surface area contributed by atoms with Crippen molar-refractivity contribution in [3.05, 3.63) is 49.9 Å². The van der Waals surface area contributed by atoms with Crippen molar-refractivity contribution in [2.75, 3.05) is 43.6 Å². The average Bonchev–Trinajstić information content (AvgIpc) is 3.77. The number of aromatic nitrogens is 1. The van der Waals surface area contributed by atoms with Crippen molar-refractivity contribution < 1.29 is 28.6 Å². The molecule has 1 saturated heterocycles. The summed E-state index contributed by atoms with van der Waals surface area (Å²) in [5.41, 5.74) is 1.15. The molecular formula is C31H35FN4O6S2. The lowest BCUT2D eigenvalue weighted by atomic mass is 9.95. The van der Waals surface area contributed by atoms with Crippen molar-refractivity contribution in [3.8, 4) is 5.75 Å². The van der Waals surface area contributed by atoms with E-state index in [0.717, 1.165) is 50.2 Å². The number of carboxylic acids is 1. The molecule has 0 spiro atoms. The van der Waals surface area contributed by atoms with Crippen molar-refractivity contribution in [2.24, 2.45) is 0 Å². The number of carbonyl (C=O) groups is 2. The maximum Gasteiger partial charge on any atom is 0.341 e. The molecule has 0 radical (unpaired) electrons. The molecule has 3 heterocycles. The highest BCUT2D eigenvalue weighted by Gasteiger charge is 2.34. The fourth-order valence-corrected chi connectivity index (χ4v) is 8.14. The monoisotopic (exact) mass is 642 g/mol. The summed E-state index contributed by atoms with van der Waals surface area (Å²) in [7, 11) is 1.44. The molecule has 1 atom stereocenters. The topological polar surface area (TPSA) is 113 Å². The molecule has 44 heavy (non-hydrogen) atoms. The van der Waals surface area contributed by atoms with Gasteiger partial charge in [-0.25, -0.2) is 14.0 Å². The molecule has 1 aliphatic heterocycles. The Morgan fingerprint density at radius 1 is 1.23 bits per heavy atom. The second-order valence-electron chi connectivity index (χ2n) is 11.5. The number of nitrogens with zero attached hydrogens (tertiary/aromatic N) is 3. The summed E-state index contributed by atoms with van der Waals surface area (Å²) in [6, 6.07) is 1.02. The van der Waals surface area contributed by atoms with Crippen LogP contribution in [-0.2, 0) is 17.6 Å². The van der Waals surface area contributed by atoms with Gasteiger partial charge in [0, 0.05) is 42.8 Å². The van der Waals surface area contributed by atoms with E-state index in [1.165, 1.54) is 18.2 Å². The minimum atomic E-state index is -1.35. The lowest BCUT2D eigenvalue weighted by Crippen LogP contribution is -2.55. The Bertz CT molecular complexity index is 1730. The van der Waals surface area contributed by atoms with E-state index in [0.29, 0.717) is 47.4 Å². The Hall–Kier alpha value is -3.71. The number of thiophene rings is 1. The summed E-state index contributed by atoms with van der Waals surface area (Å²) in [5.74, 6) is -2.12. The number of carbonyl (C=O) groups excluding carboxylic acids is 1. The fraction of sp³-hybridized carbons (Fsp3) is 0.484. The molecule has 234 valence electrons. The van der Waals surface area contributed by atoms with Crippen LogP contribution >= 0.6 is 23.6 Å². The maximum atomic E-state index is 15.9. The summed E-state index contributed by atoms with van der Waals surface area (Å²) in [4.78, 5) is 42.9. The molecule has 1 saturated carbocycles. The van der Waals surface area contributed by atoms with Gasteiger partial charge in [-0.3, -0.25) is 4.79 Å². The number of fused-ring (bicyclic) bond motifs is 2. The molecule has 2 fully saturated rings. The van der Waals surface area contributed by atoms with E-state index in [1.807, 2.05) is 16.7 Å². The normalized spacial score (nSPS) is 18.2. The number of hydrogen-bond acceptors (Lipinski definition) is 8. The third kappa shape index (κ3) is 5.29. The van der Waals surface area contributed by atoms with Gasteiger partial charge in [-0.15, -0.1) is 11.3 Å². The van der Waals surface area contributed by atoms with Crippen LogP contribution in [0.1, 0.15) is 76.7 Å². The number of piperazine rings is 1. The SMILES string of the molecule is CCOC(=O)c1c(NC(=S)N2CCN(c3c(F)cc4c(=O)c(C(=O)O)cn(C5CC5)c4c3OC)C[C@@H]2C)sc2c1CCCC2. The molecule has 6 rings (SSSR count). The van der Waals surface area contributed by atoms with Crippen molar-refractivity contribution in [1.82, 2.24) is 9.47 Å². The molecule has 0 amide bonds. The number of methoxy groups -OCH3 is 1. The number of carboxylic acid groups (broad SMARTS) is 1. The number of benzene rings is 1. The van der Waals surface area contributed by atoms with E-state index in [1.54, 1.807) is 22.8 Å². The van der Waals surface area contributed by atoms with Gasteiger partial charge < -0.3 is 34.3 Å². The number of thiocarbonyl (C=S) groups is 1. The first kappa shape index (κ1) is 30.3. The quantitative estimate of drug-likeness (QED) is 0.263. The highest BCUT2D eigenvalue weighted by molar-refractivity contribution is 7.80. The second-order valence-corrected chi connectivity index (χ2v) is 13.0. The minimum absolute atomic E-state index is 0.0111. The van der Waals surface area contributed by atoms with E-state index >= 15 is 4.39 Å². The van der Waals surface area contributed by atoms with Crippen molar-refractivity contribution in [2.45, 2.75) is 64.5 Å². The number of nitrogens with one attached hydrogen (secondary N) is 1. The third-order valence-electron chi connectivity index (χ3n) is 8.65. The van der Waals surface area contributed by atoms with Crippen LogP contribution < -0.4 is 20.4 Å². The van der Waals surface area contributed by atoms with Crippen molar-refractivity contribution >= 4 is 62.2 Å². The predicted molar refractivity (Wildman–Crippen MR) is 171 cm³/mol. The van der Waals surface area contributed by atoms with Gasteiger partial charge in [0.15, 0.2) is 16.7 Å². The fourth-order valence-electron chi connectivity index (χ4n) is 6.43. The zero-order valence-corrected chi connectivity index (χ0v) is 26.5. The molecule has 2 aliphatic carbocycles. The third-order valence-corrected chi connectivity index (χ3v) is 10.2. The second kappa shape index (κ2) is 12.0. The lowest BCUT2D eigenvalue weighted by molar-refractivity contribution is 0.0526. The van der Waals surface area contributed by atoms with Crippen LogP contribution in [0.15, 0.2) is 17.1 Å². The van der Waals surface area contributed by atoms with E-state index < -0.39 is 17.2 Å². The lowest BCUT2D eigenvalue weighted by Gasteiger charge is -2.42. The van der Waals surface area contributed by atoms with Gasteiger partial charge in [-0.2, -0.15) is 0 Å². The van der Waals surface area contributed by atoms with Gasteiger partial charge in [0.25, 0.3) is 0 Å². The molecular weight excluding hydrogens is 607 g/mol. The van der Waals surface area contributed by atoms with Crippen molar-refractivity contribution in [3.63, 3.8) is 0 Å². The maximum absolute atomic E-state index is 15.9. The predicted octanol–water partition coefficient (Wildman–Crippen LogP) is 5.21. The van der Waals surface area contributed by atoms with E-state index in [4.69, 9.17) is 21.7 Å². The van der Waals surface area contributed by atoms with Crippen molar-refractivity contribution in [1.29, 1.82) is 0 Å². The van der Waals surface area contributed by atoms with Crippen LogP contribution in [0.3, 0.4) is 0 Å².